The van der Waals surface area contributed by atoms with E-state index in [1.54, 1.807) is 0 Å². The third-order valence-corrected chi connectivity index (χ3v) is 4.83. The van der Waals surface area contributed by atoms with E-state index in [4.69, 9.17) is 0 Å². The number of aromatic amines is 1. The van der Waals surface area contributed by atoms with Crippen molar-refractivity contribution in [1.82, 2.24) is 10.2 Å². The van der Waals surface area contributed by atoms with Crippen LogP contribution >= 0.6 is 31.9 Å². The lowest BCUT2D eigenvalue weighted by Crippen LogP contribution is -1.99. The largest absolute Gasteiger partial charge is 0.380 e. The van der Waals surface area contributed by atoms with E-state index in [0.717, 1.165) is 32.1 Å². The van der Waals surface area contributed by atoms with Gasteiger partial charge >= 0.3 is 0 Å². The van der Waals surface area contributed by atoms with Gasteiger partial charge in [0.05, 0.1) is 11.7 Å². The summed E-state index contributed by atoms with van der Waals surface area (Å²) in [5.41, 5.74) is 3.35. The van der Waals surface area contributed by atoms with Crippen LogP contribution in [0.5, 0.6) is 0 Å². The highest BCUT2D eigenvalue weighted by molar-refractivity contribution is 9.13. The molecule has 3 nitrogen and oxygen atoms in total. The Morgan fingerprint density at radius 2 is 2.00 bits per heavy atom. The molecule has 2 aromatic carbocycles. The third-order valence-electron chi connectivity index (χ3n) is 2.95. The van der Waals surface area contributed by atoms with Crippen molar-refractivity contribution in [3.63, 3.8) is 0 Å². The van der Waals surface area contributed by atoms with Crippen LogP contribution in [0, 0.1) is 0 Å². The Hall–Kier alpha value is -1.33. The Bertz CT molecular complexity index is 722. The monoisotopic (exact) mass is 379 g/mol. The molecule has 0 amide bonds. The van der Waals surface area contributed by atoms with Crippen LogP contribution < -0.4 is 5.32 Å². The number of halogens is 2. The average Bonchev–Trinajstić information content (AvgIpc) is 2.89. The quantitative estimate of drug-likeness (QED) is 0.691. The number of anilines is 1. The molecule has 0 spiro atoms. The van der Waals surface area contributed by atoms with E-state index in [9.17, 15) is 0 Å². The highest BCUT2D eigenvalue weighted by Crippen LogP contribution is 2.25. The van der Waals surface area contributed by atoms with E-state index in [0.29, 0.717) is 0 Å². The summed E-state index contributed by atoms with van der Waals surface area (Å²) >= 11 is 6.99. The van der Waals surface area contributed by atoms with Gasteiger partial charge in [-0.25, -0.2) is 0 Å². The van der Waals surface area contributed by atoms with Crippen LogP contribution in [-0.4, -0.2) is 10.2 Å². The fourth-order valence-electron chi connectivity index (χ4n) is 1.97. The fraction of sp³-hybridized carbons (Fsp3) is 0.0714. The third kappa shape index (κ3) is 2.67. The van der Waals surface area contributed by atoms with Gasteiger partial charge in [0.2, 0.25) is 0 Å². The van der Waals surface area contributed by atoms with Gasteiger partial charge in [-0.1, -0.05) is 12.1 Å². The maximum absolute atomic E-state index is 4.06. The summed E-state index contributed by atoms with van der Waals surface area (Å²) in [6.07, 6.45) is 1.84. The van der Waals surface area contributed by atoms with Crippen LogP contribution in [0.4, 0.5) is 5.69 Å². The van der Waals surface area contributed by atoms with Gasteiger partial charge in [0, 0.05) is 26.6 Å². The highest BCUT2D eigenvalue weighted by atomic mass is 79.9. The number of fused-ring (bicyclic) bond motifs is 1. The zero-order chi connectivity index (χ0) is 13.2. The molecule has 0 unspecified atom stereocenters. The van der Waals surface area contributed by atoms with Crippen LogP contribution in [-0.2, 0) is 6.54 Å². The normalized spacial score (nSPS) is 10.8. The second kappa shape index (κ2) is 5.35. The second-order valence-electron chi connectivity index (χ2n) is 4.24. The summed E-state index contributed by atoms with van der Waals surface area (Å²) in [5.74, 6) is 0. The topological polar surface area (TPSA) is 40.7 Å². The Kier molecular flexibility index (Phi) is 3.57. The summed E-state index contributed by atoms with van der Waals surface area (Å²) in [6, 6.07) is 12.3. The molecule has 1 aromatic heterocycles. The standard InChI is InChI=1S/C14H11Br2N3/c15-11-5-4-9(6-12(11)16)7-17-13-2-1-3-14-10(13)8-18-19-14/h1-6,8,17H,7H2,(H,18,19). The molecule has 1 heterocycles. The van der Waals surface area contributed by atoms with Gasteiger partial charge in [0.25, 0.3) is 0 Å². The minimum Gasteiger partial charge on any atom is -0.380 e. The lowest BCUT2D eigenvalue weighted by Gasteiger charge is -2.08. The molecule has 0 bridgehead atoms. The number of hydrogen-bond donors (Lipinski definition) is 2. The Morgan fingerprint density at radius 3 is 2.84 bits per heavy atom. The SMILES string of the molecule is Brc1ccc(CNc2cccc3[nH]ncc23)cc1Br. The van der Waals surface area contributed by atoms with E-state index in [1.807, 2.05) is 24.4 Å². The van der Waals surface area contributed by atoms with E-state index in [2.05, 4.69) is 65.6 Å². The molecule has 0 aliphatic heterocycles. The molecule has 96 valence electrons. The molecule has 5 heteroatoms. The zero-order valence-electron chi connectivity index (χ0n) is 9.95. The Labute approximate surface area is 127 Å². The summed E-state index contributed by atoms with van der Waals surface area (Å²) in [5, 5.41) is 11.6. The van der Waals surface area contributed by atoms with Crippen LogP contribution in [0.1, 0.15) is 5.56 Å². The van der Waals surface area contributed by atoms with Gasteiger partial charge < -0.3 is 5.32 Å². The van der Waals surface area contributed by atoms with Gasteiger partial charge in [-0.05, 0) is 61.7 Å². The van der Waals surface area contributed by atoms with Crippen LogP contribution in [0.3, 0.4) is 0 Å². The minimum absolute atomic E-state index is 0.774. The molecule has 19 heavy (non-hydrogen) atoms. The first-order chi connectivity index (χ1) is 9.24. The Morgan fingerprint density at radius 1 is 1.11 bits per heavy atom. The van der Waals surface area contributed by atoms with Crippen molar-refractivity contribution < 1.29 is 0 Å². The van der Waals surface area contributed by atoms with Gasteiger partial charge in [0.15, 0.2) is 0 Å². The highest BCUT2D eigenvalue weighted by Gasteiger charge is 2.03. The van der Waals surface area contributed by atoms with Crippen molar-refractivity contribution in [3.8, 4) is 0 Å². The molecular weight excluding hydrogens is 370 g/mol. The predicted octanol–water partition coefficient (Wildman–Crippen LogP) is 4.70. The van der Waals surface area contributed by atoms with Crippen molar-refractivity contribution in [2.75, 3.05) is 5.32 Å². The molecular formula is C14H11Br2N3. The van der Waals surface area contributed by atoms with Gasteiger partial charge in [-0.2, -0.15) is 5.10 Å². The lowest BCUT2D eigenvalue weighted by molar-refractivity contribution is 1.12. The fourth-order valence-corrected chi connectivity index (χ4v) is 2.64. The molecule has 3 aromatic rings. The van der Waals surface area contributed by atoms with Crippen molar-refractivity contribution in [3.05, 3.63) is 57.1 Å². The Balaban J connectivity index is 1.82. The number of nitrogens with zero attached hydrogens (tertiary/aromatic N) is 1. The number of rotatable bonds is 3. The summed E-state index contributed by atoms with van der Waals surface area (Å²) in [7, 11) is 0. The first-order valence-corrected chi connectivity index (χ1v) is 7.42. The molecule has 0 fully saturated rings. The van der Waals surface area contributed by atoms with Gasteiger partial charge in [0.1, 0.15) is 0 Å². The number of H-pyrrole nitrogens is 1. The van der Waals surface area contributed by atoms with Crippen LogP contribution in [0.15, 0.2) is 51.5 Å². The molecule has 0 saturated carbocycles. The summed E-state index contributed by atoms with van der Waals surface area (Å²) < 4.78 is 2.13. The van der Waals surface area contributed by atoms with Crippen molar-refractivity contribution in [2.24, 2.45) is 0 Å². The number of hydrogen-bond acceptors (Lipinski definition) is 2. The smallest absolute Gasteiger partial charge is 0.0671 e. The molecule has 0 aliphatic rings. The first-order valence-electron chi connectivity index (χ1n) is 5.84. The van der Waals surface area contributed by atoms with E-state index in [-0.39, 0.29) is 0 Å². The number of nitrogens with one attached hydrogen (secondary N) is 2. The number of aromatic nitrogens is 2. The van der Waals surface area contributed by atoms with Crippen molar-refractivity contribution in [2.45, 2.75) is 6.54 Å². The zero-order valence-corrected chi connectivity index (χ0v) is 13.1. The average molecular weight is 381 g/mol. The maximum atomic E-state index is 4.06. The molecule has 0 radical (unpaired) electrons. The predicted molar refractivity (Wildman–Crippen MR) is 85.3 cm³/mol. The molecule has 3 rings (SSSR count). The lowest BCUT2D eigenvalue weighted by atomic mass is 10.2. The summed E-state index contributed by atoms with van der Waals surface area (Å²) in [6.45, 7) is 0.774. The van der Waals surface area contributed by atoms with Gasteiger partial charge in [-0.15, -0.1) is 0 Å². The van der Waals surface area contributed by atoms with Crippen molar-refractivity contribution >= 4 is 48.5 Å². The maximum Gasteiger partial charge on any atom is 0.0671 e. The van der Waals surface area contributed by atoms with Crippen LogP contribution in [0.2, 0.25) is 0 Å². The molecule has 0 saturated heterocycles. The van der Waals surface area contributed by atoms with Crippen LogP contribution in [0.25, 0.3) is 10.9 Å². The molecule has 0 aliphatic carbocycles. The van der Waals surface area contributed by atoms with E-state index >= 15 is 0 Å². The molecule has 2 N–H and O–H groups in total. The van der Waals surface area contributed by atoms with E-state index in [1.165, 1.54) is 5.56 Å². The first kappa shape index (κ1) is 12.7. The summed E-state index contributed by atoms with van der Waals surface area (Å²) in [4.78, 5) is 0. The van der Waals surface area contributed by atoms with Gasteiger partial charge in [-0.3, -0.25) is 5.10 Å². The number of benzene rings is 2. The van der Waals surface area contributed by atoms with Crippen molar-refractivity contribution in [1.29, 1.82) is 0 Å². The van der Waals surface area contributed by atoms with E-state index < -0.39 is 0 Å². The second-order valence-corrected chi connectivity index (χ2v) is 5.95. The molecule has 0 atom stereocenters. The minimum atomic E-state index is 0.774.